The number of nitro groups is 1. The minimum absolute atomic E-state index is 0.00758. The van der Waals surface area contributed by atoms with Crippen molar-refractivity contribution in [3.05, 3.63) is 92.8 Å². The number of aromatic nitrogens is 2. The van der Waals surface area contributed by atoms with Crippen LogP contribution in [0.2, 0.25) is 5.02 Å². The van der Waals surface area contributed by atoms with Gasteiger partial charge in [0.1, 0.15) is 0 Å². The van der Waals surface area contributed by atoms with E-state index in [1.54, 1.807) is 48.1 Å². The number of rotatable bonds is 6. The summed E-state index contributed by atoms with van der Waals surface area (Å²) in [7, 11) is 0. The lowest BCUT2D eigenvalue weighted by atomic mass is 10.1. The first kappa shape index (κ1) is 19.2. The van der Waals surface area contributed by atoms with Gasteiger partial charge in [0.2, 0.25) is 0 Å². The van der Waals surface area contributed by atoms with Crippen molar-refractivity contribution < 1.29 is 9.72 Å². The van der Waals surface area contributed by atoms with Gasteiger partial charge in [-0.05, 0) is 48.4 Å². The Morgan fingerprint density at radius 3 is 2.50 bits per heavy atom. The first-order valence-electron chi connectivity index (χ1n) is 8.30. The van der Waals surface area contributed by atoms with Gasteiger partial charge in [0.25, 0.3) is 11.6 Å². The summed E-state index contributed by atoms with van der Waals surface area (Å²) >= 11 is 5.87. The minimum Gasteiger partial charge on any atom is -0.268 e. The maximum atomic E-state index is 12.2. The van der Waals surface area contributed by atoms with E-state index in [1.165, 1.54) is 12.1 Å². The van der Waals surface area contributed by atoms with Crippen LogP contribution in [-0.4, -0.2) is 26.3 Å². The van der Waals surface area contributed by atoms with Gasteiger partial charge in [0.05, 0.1) is 17.2 Å². The largest absolute Gasteiger partial charge is 0.291 e. The Kier molecular flexibility index (Phi) is 5.81. The molecule has 142 valence electrons. The Morgan fingerprint density at radius 2 is 1.86 bits per heavy atom. The van der Waals surface area contributed by atoms with Crippen LogP contribution in [0.15, 0.2) is 65.9 Å². The van der Waals surface area contributed by atoms with Crippen LogP contribution in [0.4, 0.5) is 5.69 Å². The molecule has 0 bridgehead atoms. The minimum atomic E-state index is -0.474. The van der Waals surface area contributed by atoms with Crippen LogP contribution in [0.5, 0.6) is 0 Å². The summed E-state index contributed by atoms with van der Waals surface area (Å²) in [4.78, 5) is 22.4. The van der Waals surface area contributed by atoms with Gasteiger partial charge in [-0.3, -0.25) is 19.6 Å². The number of amides is 1. The molecule has 3 aromatic rings. The normalized spacial score (nSPS) is 11.3. The molecular formula is C19H16ClN5O3. The number of nitrogens with zero attached hydrogens (tertiary/aromatic N) is 4. The van der Waals surface area contributed by atoms with E-state index in [0.717, 1.165) is 5.56 Å². The lowest BCUT2D eigenvalue weighted by Gasteiger charge is -2.03. The van der Waals surface area contributed by atoms with Crippen LogP contribution in [0, 0.1) is 10.1 Å². The highest BCUT2D eigenvalue weighted by atomic mass is 35.5. The van der Waals surface area contributed by atoms with E-state index in [-0.39, 0.29) is 11.4 Å². The average Bonchev–Trinajstić information content (AvgIpc) is 3.16. The molecule has 28 heavy (non-hydrogen) atoms. The molecule has 0 fully saturated rings. The van der Waals surface area contributed by atoms with Crippen molar-refractivity contribution >= 4 is 28.9 Å². The standard InChI is InChI=1S/C19H16ClN5O3/c1-13(15-4-8-17(9-5-15)25(27)28)21-22-19(26)18-10-11-24(23-18)12-14-2-6-16(20)7-3-14/h2-11H,12H2,1H3,(H,22,26). The number of carbonyl (C=O) groups excluding carboxylic acids is 1. The third kappa shape index (κ3) is 4.80. The van der Waals surface area contributed by atoms with Crippen molar-refractivity contribution in [2.45, 2.75) is 13.5 Å². The highest BCUT2D eigenvalue weighted by Gasteiger charge is 2.10. The van der Waals surface area contributed by atoms with Crippen molar-refractivity contribution in [1.82, 2.24) is 15.2 Å². The van der Waals surface area contributed by atoms with E-state index in [2.05, 4.69) is 15.6 Å². The fraction of sp³-hybridized carbons (Fsp3) is 0.105. The smallest absolute Gasteiger partial charge is 0.268 e. The quantitative estimate of drug-likeness (QED) is 0.389. The number of carbonyl (C=O) groups is 1. The highest BCUT2D eigenvalue weighted by molar-refractivity contribution is 6.30. The van der Waals surface area contributed by atoms with Crippen molar-refractivity contribution in [1.29, 1.82) is 0 Å². The van der Waals surface area contributed by atoms with E-state index in [0.29, 0.717) is 22.8 Å². The molecule has 1 heterocycles. The van der Waals surface area contributed by atoms with Gasteiger partial charge in [-0.25, -0.2) is 5.43 Å². The van der Waals surface area contributed by atoms with E-state index in [1.807, 2.05) is 12.1 Å². The number of hydrogen-bond donors (Lipinski definition) is 1. The predicted octanol–water partition coefficient (Wildman–Crippen LogP) is 3.65. The maximum Gasteiger partial charge on any atom is 0.291 e. The fourth-order valence-corrected chi connectivity index (χ4v) is 2.55. The molecule has 0 aliphatic heterocycles. The van der Waals surface area contributed by atoms with E-state index in [9.17, 15) is 14.9 Å². The van der Waals surface area contributed by atoms with Gasteiger partial charge in [-0.1, -0.05) is 23.7 Å². The van der Waals surface area contributed by atoms with E-state index in [4.69, 9.17) is 11.6 Å². The Bertz CT molecular complexity index is 1030. The first-order chi connectivity index (χ1) is 13.4. The molecule has 1 N–H and O–H groups in total. The Morgan fingerprint density at radius 1 is 1.18 bits per heavy atom. The van der Waals surface area contributed by atoms with Crippen molar-refractivity contribution in [3.63, 3.8) is 0 Å². The lowest BCUT2D eigenvalue weighted by molar-refractivity contribution is -0.384. The molecule has 0 saturated heterocycles. The molecule has 1 aromatic heterocycles. The van der Waals surface area contributed by atoms with Crippen LogP contribution >= 0.6 is 11.6 Å². The average molecular weight is 398 g/mol. The van der Waals surface area contributed by atoms with Crippen molar-refractivity contribution in [3.8, 4) is 0 Å². The Hall–Kier alpha value is -3.52. The van der Waals surface area contributed by atoms with E-state index >= 15 is 0 Å². The van der Waals surface area contributed by atoms with Gasteiger partial charge >= 0.3 is 0 Å². The fourth-order valence-electron chi connectivity index (χ4n) is 2.43. The molecule has 2 aromatic carbocycles. The van der Waals surface area contributed by atoms with Crippen LogP contribution in [0.1, 0.15) is 28.5 Å². The van der Waals surface area contributed by atoms with Crippen molar-refractivity contribution in [2.24, 2.45) is 5.10 Å². The summed E-state index contributed by atoms with van der Waals surface area (Å²) in [6.45, 7) is 2.20. The zero-order chi connectivity index (χ0) is 20.1. The van der Waals surface area contributed by atoms with Gasteiger partial charge in [-0.15, -0.1) is 0 Å². The summed E-state index contributed by atoms with van der Waals surface area (Å²) in [6.07, 6.45) is 1.70. The van der Waals surface area contributed by atoms with Crippen LogP contribution in [0.25, 0.3) is 0 Å². The summed E-state index contributed by atoms with van der Waals surface area (Å²) < 4.78 is 1.64. The molecule has 9 heteroatoms. The molecule has 0 spiro atoms. The zero-order valence-corrected chi connectivity index (χ0v) is 15.6. The molecule has 3 rings (SSSR count). The molecule has 8 nitrogen and oxygen atoms in total. The summed E-state index contributed by atoms with van der Waals surface area (Å²) in [6, 6.07) is 14.9. The maximum absolute atomic E-state index is 12.2. The number of benzene rings is 2. The Labute approximate surface area is 165 Å². The highest BCUT2D eigenvalue weighted by Crippen LogP contribution is 2.13. The Balaban J connectivity index is 1.62. The number of hydrogen-bond acceptors (Lipinski definition) is 5. The number of non-ortho nitro benzene ring substituents is 1. The summed E-state index contributed by atoms with van der Waals surface area (Å²) in [5.74, 6) is -0.448. The van der Waals surface area contributed by atoms with Crippen molar-refractivity contribution in [2.75, 3.05) is 0 Å². The summed E-state index contributed by atoms with van der Waals surface area (Å²) in [5.41, 5.74) is 4.85. The third-order valence-electron chi connectivity index (χ3n) is 3.95. The number of nitrogens with one attached hydrogen (secondary N) is 1. The topological polar surface area (TPSA) is 102 Å². The van der Waals surface area contributed by atoms with Crippen LogP contribution in [0.3, 0.4) is 0 Å². The molecule has 0 unspecified atom stereocenters. The third-order valence-corrected chi connectivity index (χ3v) is 4.20. The zero-order valence-electron chi connectivity index (χ0n) is 14.9. The SMILES string of the molecule is CC(=NNC(=O)c1ccn(Cc2ccc(Cl)cc2)n1)c1ccc([N+](=O)[O-])cc1. The molecule has 0 atom stereocenters. The molecule has 1 amide bonds. The lowest BCUT2D eigenvalue weighted by Crippen LogP contribution is -2.20. The van der Waals surface area contributed by atoms with Gasteiger partial charge < -0.3 is 0 Å². The second kappa shape index (κ2) is 8.45. The first-order valence-corrected chi connectivity index (χ1v) is 8.67. The van der Waals surface area contributed by atoms with Crippen LogP contribution in [-0.2, 0) is 6.54 Å². The molecule has 0 radical (unpaired) electrons. The molecule has 0 saturated carbocycles. The predicted molar refractivity (Wildman–Crippen MR) is 106 cm³/mol. The van der Waals surface area contributed by atoms with Gasteiger partial charge in [-0.2, -0.15) is 10.2 Å². The second-order valence-corrected chi connectivity index (χ2v) is 6.40. The second-order valence-electron chi connectivity index (χ2n) is 5.97. The van der Waals surface area contributed by atoms with E-state index < -0.39 is 10.8 Å². The number of nitro benzene ring substituents is 1. The molecule has 0 aliphatic carbocycles. The van der Waals surface area contributed by atoms with Crippen LogP contribution < -0.4 is 5.43 Å². The molecule has 0 aliphatic rings. The van der Waals surface area contributed by atoms with Gasteiger partial charge in [0.15, 0.2) is 5.69 Å². The number of hydrazone groups is 1. The van der Waals surface area contributed by atoms with Gasteiger partial charge in [0, 0.05) is 23.4 Å². The summed E-state index contributed by atoms with van der Waals surface area (Å²) in [5, 5.41) is 19.6. The molecular weight excluding hydrogens is 382 g/mol. The monoisotopic (exact) mass is 397 g/mol. The number of halogens is 1.